The minimum absolute atomic E-state index is 0.203. The van der Waals surface area contributed by atoms with E-state index in [4.69, 9.17) is 9.47 Å². The van der Waals surface area contributed by atoms with Gasteiger partial charge in [0.2, 0.25) is 5.91 Å². The number of aliphatic hydroxyl groups excluding tert-OH is 5. The average Bonchev–Trinajstić information content (AvgIpc) is 3.21. The lowest BCUT2D eigenvalue weighted by Crippen LogP contribution is -2.60. The molecule has 0 aliphatic carbocycles. The average molecular weight is 806 g/mol. The van der Waals surface area contributed by atoms with Gasteiger partial charge in [-0.3, -0.25) is 4.79 Å². The molecule has 0 spiro atoms. The van der Waals surface area contributed by atoms with E-state index in [1.165, 1.54) is 103 Å². The molecule has 6 N–H and O–H groups in total. The number of hydrogen-bond donors (Lipinski definition) is 6. The zero-order chi connectivity index (χ0) is 41.6. The minimum Gasteiger partial charge on any atom is -0.394 e. The van der Waals surface area contributed by atoms with Crippen molar-refractivity contribution in [1.82, 2.24) is 5.32 Å². The Labute approximate surface area is 348 Å². The van der Waals surface area contributed by atoms with Crippen molar-refractivity contribution < 1.29 is 39.8 Å². The first kappa shape index (κ1) is 53.2. The summed E-state index contributed by atoms with van der Waals surface area (Å²) < 4.78 is 11.2. The third-order valence-electron chi connectivity index (χ3n) is 10.9. The van der Waals surface area contributed by atoms with E-state index in [-0.39, 0.29) is 12.5 Å². The molecule has 7 atom stereocenters. The van der Waals surface area contributed by atoms with Crippen molar-refractivity contribution in [2.45, 2.75) is 236 Å². The maximum atomic E-state index is 12.9. The maximum Gasteiger partial charge on any atom is 0.220 e. The molecule has 57 heavy (non-hydrogen) atoms. The molecule has 1 saturated heterocycles. The van der Waals surface area contributed by atoms with Crippen LogP contribution in [0, 0.1) is 0 Å². The molecule has 1 amide bonds. The molecular formula is C48H87NO8. The van der Waals surface area contributed by atoms with E-state index in [1.54, 1.807) is 6.08 Å². The third-order valence-corrected chi connectivity index (χ3v) is 10.9. The normalized spacial score (nSPS) is 21.4. The number of allylic oxidation sites excluding steroid dienone is 7. The van der Waals surface area contributed by atoms with E-state index in [1.807, 2.05) is 6.08 Å². The smallest absolute Gasteiger partial charge is 0.220 e. The predicted octanol–water partition coefficient (Wildman–Crippen LogP) is 9.84. The van der Waals surface area contributed by atoms with E-state index in [9.17, 15) is 30.3 Å². The van der Waals surface area contributed by atoms with Crippen LogP contribution in [0.15, 0.2) is 48.6 Å². The standard InChI is InChI=1S/C48H87NO8/c1-3-5-7-9-11-13-15-17-19-20-21-22-23-24-25-27-29-31-33-35-37-42(51)41(40-56-48-47(55)46(54)45(53)43(39-50)57-48)49-44(52)38-36-34-32-30-28-26-18-16-14-12-10-8-6-4-2/h10,12,16,18,27,29,35,37,41-43,45-48,50-51,53-55H,3-9,11,13-15,17,19-26,28,30-34,36,38-40H2,1-2H3,(H,49,52)/b12-10-,18-16-,29-27+,37-35+. The lowest BCUT2D eigenvalue weighted by Gasteiger charge is -2.40. The number of amides is 1. The summed E-state index contributed by atoms with van der Waals surface area (Å²) in [6.45, 7) is 3.70. The molecule has 1 rings (SSSR count). The van der Waals surface area contributed by atoms with Crippen LogP contribution in [0.25, 0.3) is 0 Å². The van der Waals surface area contributed by atoms with Crippen molar-refractivity contribution in [2.75, 3.05) is 13.2 Å². The molecule has 0 radical (unpaired) electrons. The molecule has 0 aromatic carbocycles. The van der Waals surface area contributed by atoms with Crippen LogP contribution in [-0.2, 0) is 14.3 Å². The van der Waals surface area contributed by atoms with Gasteiger partial charge in [0.1, 0.15) is 24.4 Å². The summed E-state index contributed by atoms with van der Waals surface area (Å²) >= 11 is 0. The van der Waals surface area contributed by atoms with Gasteiger partial charge in [-0.25, -0.2) is 0 Å². The van der Waals surface area contributed by atoms with Crippen molar-refractivity contribution in [3.8, 4) is 0 Å². The number of nitrogens with one attached hydrogen (secondary N) is 1. The Balaban J connectivity index is 2.38. The van der Waals surface area contributed by atoms with Gasteiger partial charge in [0.05, 0.1) is 25.4 Å². The Kier molecular flexibility index (Phi) is 35.8. The Morgan fingerprint density at radius 2 is 1.07 bits per heavy atom. The van der Waals surface area contributed by atoms with Gasteiger partial charge in [-0.2, -0.15) is 0 Å². The van der Waals surface area contributed by atoms with Crippen LogP contribution in [-0.4, -0.2) is 87.5 Å². The number of carbonyl (C=O) groups excluding carboxylic acids is 1. The first-order valence-corrected chi connectivity index (χ1v) is 23.4. The third kappa shape index (κ3) is 29.1. The molecule has 0 bridgehead atoms. The lowest BCUT2D eigenvalue weighted by molar-refractivity contribution is -0.302. The molecule has 0 saturated carbocycles. The highest BCUT2D eigenvalue weighted by Crippen LogP contribution is 2.22. The zero-order valence-electron chi connectivity index (χ0n) is 36.3. The summed E-state index contributed by atoms with van der Waals surface area (Å²) in [5, 5.41) is 54.2. The molecule has 7 unspecified atom stereocenters. The van der Waals surface area contributed by atoms with Crippen LogP contribution < -0.4 is 5.32 Å². The molecule has 0 aromatic rings. The number of rotatable bonds is 38. The molecular weight excluding hydrogens is 719 g/mol. The summed E-state index contributed by atoms with van der Waals surface area (Å²) in [6, 6.07) is -0.828. The molecule has 1 heterocycles. The van der Waals surface area contributed by atoms with Crippen LogP contribution in [0.1, 0.15) is 194 Å². The first-order chi connectivity index (χ1) is 27.8. The predicted molar refractivity (Wildman–Crippen MR) is 235 cm³/mol. The maximum absolute atomic E-state index is 12.9. The fourth-order valence-electron chi connectivity index (χ4n) is 7.07. The number of hydrogen-bond acceptors (Lipinski definition) is 8. The number of carbonyl (C=O) groups is 1. The summed E-state index contributed by atoms with van der Waals surface area (Å²) in [7, 11) is 0. The number of unbranched alkanes of at least 4 members (excludes halogenated alkanes) is 22. The molecule has 1 aliphatic rings. The Morgan fingerprint density at radius 1 is 0.596 bits per heavy atom. The van der Waals surface area contributed by atoms with E-state index < -0.39 is 49.5 Å². The van der Waals surface area contributed by atoms with E-state index in [2.05, 4.69) is 55.6 Å². The number of ether oxygens (including phenoxy) is 2. The first-order valence-electron chi connectivity index (χ1n) is 23.4. The highest BCUT2D eigenvalue weighted by atomic mass is 16.7. The zero-order valence-corrected chi connectivity index (χ0v) is 36.3. The van der Waals surface area contributed by atoms with Crippen LogP contribution in [0.2, 0.25) is 0 Å². The summed E-state index contributed by atoms with van der Waals surface area (Å²) in [4.78, 5) is 12.9. The monoisotopic (exact) mass is 806 g/mol. The Morgan fingerprint density at radius 3 is 1.63 bits per heavy atom. The SMILES string of the molecule is CCCC/C=C\C/C=C\CCCCCCCC(=O)NC(COC1OC(CO)C(O)C(O)C1O)C(O)/C=C/CC/C=C/CCCCCCCCCCCCCCCC. The second-order valence-electron chi connectivity index (χ2n) is 16.2. The highest BCUT2D eigenvalue weighted by Gasteiger charge is 2.44. The Hall–Kier alpha value is -1.85. The molecule has 9 nitrogen and oxygen atoms in total. The van der Waals surface area contributed by atoms with Crippen LogP contribution in [0.3, 0.4) is 0 Å². The lowest BCUT2D eigenvalue weighted by atomic mass is 9.99. The quantitative estimate of drug-likeness (QED) is 0.0267. The van der Waals surface area contributed by atoms with Gasteiger partial charge in [0, 0.05) is 6.42 Å². The number of aliphatic hydroxyl groups is 5. The Bertz CT molecular complexity index is 1030. The fraction of sp³-hybridized carbons (Fsp3) is 0.812. The van der Waals surface area contributed by atoms with Crippen molar-refractivity contribution >= 4 is 5.91 Å². The molecule has 332 valence electrons. The van der Waals surface area contributed by atoms with Crippen molar-refractivity contribution in [3.63, 3.8) is 0 Å². The van der Waals surface area contributed by atoms with Crippen molar-refractivity contribution in [3.05, 3.63) is 48.6 Å². The van der Waals surface area contributed by atoms with Crippen LogP contribution >= 0.6 is 0 Å². The van der Waals surface area contributed by atoms with Crippen molar-refractivity contribution in [2.24, 2.45) is 0 Å². The van der Waals surface area contributed by atoms with E-state index >= 15 is 0 Å². The molecule has 1 aliphatic heterocycles. The van der Waals surface area contributed by atoms with Gasteiger partial charge in [-0.05, 0) is 57.8 Å². The second-order valence-corrected chi connectivity index (χ2v) is 16.2. The van der Waals surface area contributed by atoms with Gasteiger partial charge in [0.15, 0.2) is 6.29 Å². The molecule has 1 fully saturated rings. The van der Waals surface area contributed by atoms with Gasteiger partial charge in [-0.1, -0.05) is 178 Å². The van der Waals surface area contributed by atoms with Crippen molar-refractivity contribution in [1.29, 1.82) is 0 Å². The van der Waals surface area contributed by atoms with Gasteiger partial charge < -0.3 is 40.3 Å². The molecule has 0 aromatic heterocycles. The van der Waals surface area contributed by atoms with Crippen LogP contribution in [0.5, 0.6) is 0 Å². The molecule has 9 heteroatoms. The summed E-state index contributed by atoms with van der Waals surface area (Å²) in [5.41, 5.74) is 0. The topological polar surface area (TPSA) is 149 Å². The summed E-state index contributed by atoms with van der Waals surface area (Å²) in [5.74, 6) is -0.203. The minimum atomic E-state index is -1.57. The second kappa shape index (κ2) is 38.4. The largest absolute Gasteiger partial charge is 0.394 e. The van der Waals surface area contributed by atoms with E-state index in [0.29, 0.717) is 6.42 Å². The van der Waals surface area contributed by atoms with E-state index in [0.717, 1.165) is 70.6 Å². The fourth-order valence-corrected chi connectivity index (χ4v) is 7.07. The summed E-state index contributed by atoms with van der Waals surface area (Å²) in [6.07, 6.45) is 41.6. The highest BCUT2D eigenvalue weighted by molar-refractivity contribution is 5.76. The van der Waals surface area contributed by atoms with Gasteiger partial charge in [-0.15, -0.1) is 0 Å². The van der Waals surface area contributed by atoms with Crippen LogP contribution in [0.4, 0.5) is 0 Å². The van der Waals surface area contributed by atoms with Gasteiger partial charge in [0.25, 0.3) is 0 Å². The van der Waals surface area contributed by atoms with Gasteiger partial charge >= 0.3 is 0 Å².